The van der Waals surface area contributed by atoms with Crippen molar-refractivity contribution in [1.82, 2.24) is 4.90 Å². The van der Waals surface area contributed by atoms with Gasteiger partial charge in [-0.25, -0.2) is 0 Å². The summed E-state index contributed by atoms with van der Waals surface area (Å²) >= 11 is 0. The number of likely N-dealkylation sites (tertiary alicyclic amines) is 1. The largest absolute Gasteiger partial charge is 0.481 e. The number of carboxylic acid groups (broad SMARTS) is 1. The molecule has 1 atom stereocenters. The van der Waals surface area contributed by atoms with E-state index in [1.807, 2.05) is 42.5 Å². The zero-order chi connectivity index (χ0) is 15.5. The zero-order valence-electron chi connectivity index (χ0n) is 12.1. The highest BCUT2D eigenvalue weighted by atomic mass is 16.4. The minimum absolute atomic E-state index is 0.0941. The number of carboxylic acids is 1. The minimum Gasteiger partial charge on any atom is -0.481 e. The topological polar surface area (TPSA) is 57.6 Å². The summed E-state index contributed by atoms with van der Waals surface area (Å²) in [5.74, 6) is -1.36. The molecule has 112 valence electrons. The molecule has 3 rings (SSSR count). The molecule has 0 saturated carbocycles. The van der Waals surface area contributed by atoms with Crippen LogP contribution in [0.3, 0.4) is 0 Å². The Kier molecular flexibility index (Phi) is 3.92. The average molecular weight is 295 g/mol. The van der Waals surface area contributed by atoms with Crippen molar-refractivity contribution in [2.24, 2.45) is 5.92 Å². The van der Waals surface area contributed by atoms with E-state index in [4.69, 9.17) is 5.11 Å². The molecule has 4 heteroatoms. The van der Waals surface area contributed by atoms with Crippen molar-refractivity contribution in [3.63, 3.8) is 0 Å². The highest BCUT2D eigenvalue weighted by molar-refractivity contribution is 5.95. The Morgan fingerprint density at radius 2 is 1.59 bits per heavy atom. The second kappa shape index (κ2) is 6.02. The van der Waals surface area contributed by atoms with Crippen LogP contribution in [0, 0.1) is 5.92 Å². The molecule has 1 fully saturated rings. The van der Waals surface area contributed by atoms with Gasteiger partial charge in [-0.2, -0.15) is 0 Å². The minimum atomic E-state index is -0.824. The maximum Gasteiger partial charge on any atom is 0.308 e. The molecule has 0 aromatic heterocycles. The van der Waals surface area contributed by atoms with Crippen LogP contribution in [0.1, 0.15) is 16.8 Å². The van der Waals surface area contributed by atoms with Crippen LogP contribution < -0.4 is 0 Å². The lowest BCUT2D eigenvalue weighted by atomic mass is 10.0. The molecule has 2 aromatic carbocycles. The van der Waals surface area contributed by atoms with Crippen molar-refractivity contribution in [2.75, 3.05) is 13.1 Å². The van der Waals surface area contributed by atoms with Gasteiger partial charge in [0.25, 0.3) is 5.91 Å². The third kappa shape index (κ3) is 2.86. The van der Waals surface area contributed by atoms with Crippen LogP contribution in [0.4, 0.5) is 0 Å². The lowest BCUT2D eigenvalue weighted by molar-refractivity contribution is -0.141. The molecule has 4 nitrogen and oxygen atoms in total. The summed E-state index contributed by atoms with van der Waals surface area (Å²) in [6, 6.07) is 17.4. The number of amides is 1. The fourth-order valence-electron chi connectivity index (χ4n) is 2.76. The fraction of sp³-hybridized carbons (Fsp3) is 0.222. The number of carbonyl (C=O) groups is 2. The van der Waals surface area contributed by atoms with Gasteiger partial charge in [0.05, 0.1) is 5.92 Å². The summed E-state index contributed by atoms with van der Waals surface area (Å²) in [6.07, 6.45) is 0.531. The van der Waals surface area contributed by atoms with Crippen molar-refractivity contribution >= 4 is 11.9 Å². The molecule has 1 amide bonds. The number of rotatable bonds is 3. The predicted molar refractivity (Wildman–Crippen MR) is 83.5 cm³/mol. The average Bonchev–Trinajstić information content (AvgIpc) is 3.05. The summed E-state index contributed by atoms with van der Waals surface area (Å²) in [6.45, 7) is 0.810. The van der Waals surface area contributed by atoms with Crippen molar-refractivity contribution in [3.05, 3.63) is 60.2 Å². The standard InChI is InChI=1S/C18H17NO3/c20-17(19-11-10-16(12-19)18(21)22)15-8-6-14(7-9-15)13-4-2-1-3-5-13/h1-9,16H,10-12H2,(H,21,22)/t16-/m0/s1. The van der Waals surface area contributed by atoms with Crippen LogP contribution >= 0.6 is 0 Å². The number of nitrogens with zero attached hydrogens (tertiary/aromatic N) is 1. The Hall–Kier alpha value is -2.62. The number of benzene rings is 2. The Morgan fingerprint density at radius 3 is 2.18 bits per heavy atom. The van der Waals surface area contributed by atoms with Crippen LogP contribution in [0.25, 0.3) is 11.1 Å². The van der Waals surface area contributed by atoms with Gasteiger partial charge in [0.15, 0.2) is 0 Å². The first-order chi connectivity index (χ1) is 10.6. The number of aliphatic carboxylic acids is 1. The molecular weight excluding hydrogens is 278 g/mol. The van der Waals surface area contributed by atoms with E-state index in [0.717, 1.165) is 11.1 Å². The molecule has 0 radical (unpaired) electrons. The first-order valence-electron chi connectivity index (χ1n) is 7.33. The second-order valence-corrected chi connectivity index (χ2v) is 5.52. The van der Waals surface area contributed by atoms with E-state index in [-0.39, 0.29) is 5.91 Å². The van der Waals surface area contributed by atoms with Gasteiger partial charge < -0.3 is 10.0 Å². The van der Waals surface area contributed by atoms with E-state index in [0.29, 0.717) is 25.1 Å². The zero-order valence-corrected chi connectivity index (χ0v) is 12.1. The van der Waals surface area contributed by atoms with Gasteiger partial charge in [0.2, 0.25) is 0 Å². The predicted octanol–water partition coefficient (Wildman–Crippen LogP) is 2.90. The maximum absolute atomic E-state index is 12.4. The highest BCUT2D eigenvalue weighted by Gasteiger charge is 2.31. The van der Waals surface area contributed by atoms with E-state index >= 15 is 0 Å². The Balaban J connectivity index is 1.73. The van der Waals surface area contributed by atoms with Crippen LogP contribution in [0.5, 0.6) is 0 Å². The first-order valence-corrected chi connectivity index (χ1v) is 7.33. The third-order valence-electron chi connectivity index (χ3n) is 4.06. The van der Waals surface area contributed by atoms with E-state index < -0.39 is 11.9 Å². The molecular formula is C18H17NO3. The molecule has 1 N–H and O–H groups in total. The summed E-state index contributed by atoms with van der Waals surface area (Å²) < 4.78 is 0. The van der Waals surface area contributed by atoms with Crippen molar-refractivity contribution in [3.8, 4) is 11.1 Å². The molecule has 0 spiro atoms. The van der Waals surface area contributed by atoms with Crippen molar-refractivity contribution in [2.45, 2.75) is 6.42 Å². The van der Waals surface area contributed by atoms with E-state index in [1.165, 1.54) is 0 Å². The molecule has 22 heavy (non-hydrogen) atoms. The fourth-order valence-corrected chi connectivity index (χ4v) is 2.76. The molecule has 0 aliphatic carbocycles. The number of hydrogen-bond acceptors (Lipinski definition) is 2. The second-order valence-electron chi connectivity index (χ2n) is 5.52. The monoisotopic (exact) mass is 295 g/mol. The summed E-state index contributed by atoms with van der Waals surface area (Å²) in [4.78, 5) is 25.0. The number of hydrogen-bond donors (Lipinski definition) is 1. The third-order valence-corrected chi connectivity index (χ3v) is 4.06. The normalized spacial score (nSPS) is 17.5. The van der Waals surface area contributed by atoms with E-state index in [1.54, 1.807) is 17.0 Å². The van der Waals surface area contributed by atoms with Crippen LogP contribution in [-0.4, -0.2) is 35.0 Å². The van der Waals surface area contributed by atoms with Crippen LogP contribution in [-0.2, 0) is 4.79 Å². The molecule has 0 unspecified atom stereocenters. The molecule has 0 bridgehead atoms. The maximum atomic E-state index is 12.4. The van der Waals surface area contributed by atoms with Gasteiger partial charge in [-0.1, -0.05) is 42.5 Å². The van der Waals surface area contributed by atoms with Gasteiger partial charge in [-0.15, -0.1) is 0 Å². The van der Waals surface area contributed by atoms with Gasteiger partial charge in [0.1, 0.15) is 0 Å². The molecule has 1 heterocycles. The molecule has 2 aromatic rings. The summed E-state index contributed by atoms with van der Waals surface area (Å²) in [5, 5.41) is 9.01. The van der Waals surface area contributed by atoms with Gasteiger partial charge in [-0.3, -0.25) is 9.59 Å². The van der Waals surface area contributed by atoms with Gasteiger partial charge in [-0.05, 0) is 29.7 Å². The molecule has 1 saturated heterocycles. The SMILES string of the molecule is O=C(O)[C@H]1CCN(C(=O)c2ccc(-c3ccccc3)cc2)C1. The van der Waals surface area contributed by atoms with Crippen LogP contribution in [0.15, 0.2) is 54.6 Å². The Bertz CT molecular complexity index is 679. The lowest BCUT2D eigenvalue weighted by Gasteiger charge is -2.16. The van der Waals surface area contributed by atoms with Gasteiger partial charge >= 0.3 is 5.97 Å². The summed E-state index contributed by atoms with van der Waals surface area (Å²) in [7, 11) is 0. The molecule has 1 aliphatic heterocycles. The van der Waals surface area contributed by atoms with Crippen LogP contribution in [0.2, 0.25) is 0 Å². The smallest absolute Gasteiger partial charge is 0.308 e. The van der Waals surface area contributed by atoms with Crippen molar-refractivity contribution < 1.29 is 14.7 Å². The highest BCUT2D eigenvalue weighted by Crippen LogP contribution is 2.22. The lowest BCUT2D eigenvalue weighted by Crippen LogP contribution is -2.29. The molecule has 1 aliphatic rings. The Morgan fingerprint density at radius 1 is 0.955 bits per heavy atom. The Labute approximate surface area is 129 Å². The summed E-state index contributed by atoms with van der Waals surface area (Å²) in [5.41, 5.74) is 2.77. The van der Waals surface area contributed by atoms with E-state index in [2.05, 4.69) is 0 Å². The van der Waals surface area contributed by atoms with Crippen molar-refractivity contribution in [1.29, 1.82) is 0 Å². The first kappa shape index (κ1) is 14.3. The van der Waals surface area contributed by atoms with E-state index in [9.17, 15) is 9.59 Å². The number of carbonyl (C=O) groups excluding carboxylic acids is 1. The van der Waals surface area contributed by atoms with Gasteiger partial charge in [0, 0.05) is 18.7 Å². The quantitative estimate of drug-likeness (QED) is 0.947.